The fraction of sp³-hybridized carbons (Fsp3) is 0.500. The fourth-order valence-corrected chi connectivity index (χ4v) is 2.21. The summed E-state index contributed by atoms with van der Waals surface area (Å²) in [6, 6.07) is 7.17. The van der Waals surface area contributed by atoms with Crippen molar-refractivity contribution in [1.29, 1.82) is 0 Å². The number of aromatic hydroxyl groups is 1. The van der Waals surface area contributed by atoms with Crippen LogP contribution in [0.3, 0.4) is 0 Å². The number of nitrogens with one attached hydrogen (secondary N) is 2. The highest BCUT2D eigenvalue weighted by molar-refractivity contribution is 7.88. The summed E-state index contributed by atoms with van der Waals surface area (Å²) in [5.41, 5.74) is 0.833. The summed E-state index contributed by atoms with van der Waals surface area (Å²) in [6.07, 6.45) is 1.95. The quantitative estimate of drug-likeness (QED) is 0.647. The molecule has 0 aliphatic rings. The number of benzene rings is 1. The highest BCUT2D eigenvalue weighted by atomic mass is 32.2. The molecule has 0 amide bonds. The van der Waals surface area contributed by atoms with Crippen molar-refractivity contribution in [3.8, 4) is 5.75 Å². The molecule has 1 unspecified atom stereocenters. The number of hydrogen-bond donors (Lipinski definition) is 3. The van der Waals surface area contributed by atoms with Crippen molar-refractivity contribution in [2.45, 2.75) is 19.4 Å². The van der Waals surface area contributed by atoms with E-state index in [1.54, 1.807) is 12.1 Å². The Bertz CT molecular complexity index is 474. The van der Waals surface area contributed by atoms with E-state index in [4.69, 9.17) is 0 Å². The van der Waals surface area contributed by atoms with Gasteiger partial charge < -0.3 is 10.4 Å². The Morgan fingerprint density at radius 3 is 2.50 bits per heavy atom. The van der Waals surface area contributed by atoms with Crippen LogP contribution in [0.1, 0.15) is 24.9 Å². The monoisotopic (exact) mass is 272 g/mol. The fourth-order valence-electron chi connectivity index (χ4n) is 1.74. The minimum absolute atomic E-state index is 0.0209. The minimum Gasteiger partial charge on any atom is -0.508 e. The van der Waals surface area contributed by atoms with Gasteiger partial charge in [-0.1, -0.05) is 25.1 Å². The van der Waals surface area contributed by atoms with Gasteiger partial charge >= 0.3 is 0 Å². The van der Waals surface area contributed by atoms with Gasteiger partial charge in [-0.25, -0.2) is 13.1 Å². The lowest BCUT2D eigenvalue weighted by Gasteiger charge is -2.18. The summed E-state index contributed by atoms with van der Waals surface area (Å²) in [4.78, 5) is 0. The van der Waals surface area contributed by atoms with Crippen molar-refractivity contribution >= 4 is 10.0 Å². The maximum absolute atomic E-state index is 10.9. The summed E-state index contributed by atoms with van der Waals surface area (Å²) >= 11 is 0. The summed E-state index contributed by atoms with van der Waals surface area (Å²) in [6.45, 7) is 2.86. The van der Waals surface area contributed by atoms with Gasteiger partial charge in [-0.15, -0.1) is 0 Å². The highest BCUT2D eigenvalue weighted by Gasteiger charge is 2.12. The van der Waals surface area contributed by atoms with E-state index >= 15 is 0 Å². The molecular formula is C12H20N2O3S. The van der Waals surface area contributed by atoms with Crippen LogP contribution in [0.4, 0.5) is 0 Å². The molecule has 1 rings (SSSR count). The molecule has 0 radical (unpaired) electrons. The zero-order chi connectivity index (χ0) is 13.6. The van der Waals surface area contributed by atoms with Crippen molar-refractivity contribution < 1.29 is 13.5 Å². The summed E-state index contributed by atoms with van der Waals surface area (Å²) in [5, 5.41) is 13.0. The van der Waals surface area contributed by atoms with Crippen LogP contribution in [0, 0.1) is 0 Å². The lowest BCUT2D eigenvalue weighted by Crippen LogP contribution is -2.32. The van der Waals surface area contributed by atoms with Crippen LogP contribution in [-0.2, 0) is 10.0 Å². The predicted octanol–water partition coefficient (Wildman–Crippen LogP) is 0.982. The Morgan fingerprint density at radius 1 is 1.28 bits per heavy atom. The molecule has 18 heavy (non-hydrogen) atoms. The standard InChI is InChI=1S/C12H20N2O3S/c1-3-11(10-6-4-5-7-12(10)15)13-8-9-14-18(2,16)17/h4-7,11,13-15H,3,8-9H2,1-2H3. The van der Waals surface area contributed by atoms with E-state index in [9.17, 15) is 13.5 Å². The van der Waals surface area contributed by atoms with Crippen LogP contribution in [0.15, 0.2) is 24.3 Å². The molecule has 0 heterocycles. The molecular weight excluding hydrogens is 252 g/mol. The first-order valence-electron chi connectivity index (χ1n) is 5.90. The minimum atomic E-state index is -3.14. The lowest BCUT2D eigenvalue weighted by atomic mass is 10.0. The predicted molar refractivity (Wildman–Crippen MR) is 72.0 cm³/mol. The molecule has 1 aromatic carbocycles. The Hall–Kier alpha value is -1.11. The van der Waals surface area contributed by atoms with Crippen molar-refractivity contribution in [2.75, 3.05) is 19.3 Å². The van der Waals surface area contributed by atoms with E-state index in [-0.39, 0.29) is 11.8 Å². The zero-order valence-corrected chi connectivity index (χ0v) is 11.5. The molecule has 3 N–H and O–H groups in total. The van der Waals surface area contributed by atoms with Gasteiger partial charge in [-0.05, 0) is 12.5 Å². The molecule has 0 saturated heterocycles. The number of rotatable bonds is 7. The summed E-state index contributed by atoms with van der Waals surface area (Å²) in [7, 11) is -3.14. The molecule has 0 aromatic heterocycles. The zero-order valence-electron chi connectivity index (χ0n) is 10.7. The van der Waals surface area contributed by atoms with Gasteiger partial charge in [0.05, 0.1) is 6.26 Å². The van der Waals surface area contributed by atoms with E-state index in [1.807, 2.05) is 19.1 Å². The van der Waals surface area contributed by atoms with Crippen molar-refractivity contribution in [2.24, 2.45) is 0 Å². The highest BCUT2D eigenvalue weighted by Crippen LogP contribution is 2.25. The first kappa shape index (κ1) is 14.9. The van der Waals surface area contributed by atoms with Crippen LogP contribution >= 0.6 is 0 Å². The van der Waals surface area contributed by atoms with Gasteiger partial charge in [0.1, 0.15) is 5.75 Å². The van der Waals surface area contributed by atoms with Crippen LogP contribution in [0.5, 0.6) is 5.75 Å². The van der Waals surface area contributed by atoms with E-state index in [2.05, 4.69) is 10.0 Å². The third-order valence-electron chi connectivity index (χ3n) is 2.60. The molecule has 0 spiro atoms. The van der Waals surface area contributed by atoms with Gasteiger partial charge in [0.25, 0.3) is 0 Å². The van der Waals surface area contributed by atoms with Gasteiger partial charge in [0, 0.05) is 24.7 Å². The molecule has 6 heteroatoms. The van der Waals surface area contributed by atoms with Crippen LogP contribution in [0.2, 0.25) is 0 Å². The largest absolute Gasteiger partial charge is 0.508 e. The lowest BCUT2D eigenvalue weighted by molar-refractivity contribution is 0.442. The van der Waals surface area contributed by atoms with Crippen LogP contribution in [-0.4, -0.2) is 32.9 Å². The molecule has 0 saturated carbocycles. The van der Waals surface area contributed by atoms with Crippen LogP contribution in [0.25, 0.3) is 0 Å². The molecule has 0 aliphatic heterocycles. The maximum atomic E-state index is 10.9. The van der Waals surface area contributed by atoms with Crippen molar-refractivity contribution in [3.05, 3.63) is 29.8 Å². The average Bonchev–Trinajstić information content (AvgIpc) is 2.29. The normalized spacial score (nSPS) is 13.4. The number of phenolic OH excluding ortho intramolecular Hbond substituents is 1. The second-order valence-electron chi connectivity index (χ2n) is 4.14. The van der Waals surface area contributed by atoms with Gasteiger partial charge in [0.15, 0.2) is 0 Å². The molecule has 0 aliphatic carbocycles. The van der Waals surface area contributed by atoms with E-state index in [0.29, 0.717) is 13.1 Å². The third kappa shape index (κ3) is 5.03. The third-order valence-corrected chi connectivity index (χ3v) is 3.33. The Kier molecular flexibility index (Phi) is 5.58. The first-order chi connectivity index (χ1) is 8.44. The first-order valence-corrected chi connectivity index (χ1v) is 7.79. The smallest absolute Gasteiger partial charge is 0.208 e. The van der Waals surface area contributed by atoms with Crippen molar-refractivity contribution in [3.63, 3.8) is 0 Å². The molecule has 5 nitrogen and oxygen atoms in total. The van der Waals surface area contributed by atoms with Crippen molar-refractivity contribution in [1.82, 2.24) is 10.0 Å². The van der Waals surface area contributed by atoms with Gasteiger partial charge in [-0.3, -0.25) is 0 Å². The number of sulfonamides is 1. The second kappa shape index (κ2) is 6.72. The number of para-hydroxylation sites is 1. The molecule has 1 aromatic rings. The number of phenols is 1. The second-order valence-corrected chi connectivity index (χ2v) is 5.97. The molecule has 1 atom stereocenters. The maximum Gasteiger partial charge on any atom is 0.208 e. The molecule has 102 valence electrons. The van der Waals surface area contributed by atoms with Crippen LogP contribution < -0.4 is 10.0 Å². The molecule has 0 fully saturated rings. The number of hydrogen-bond acceptors (Lipinski definition) is 4. The Morgan fingerprint density at radius 2 is 1.94 bits per heavy atom. The summed E-state index contributed by atoms with van der Waals surface area (Å²) in [5.74, 6) is 0.257. The SMILES string of the molecule is CCC(NCCNS(C)(=O)=O)c1ccccc1O. The van der Waals surface area contributed by atoms with E-state index < -0.39 is 10.0 Å². The van der Waals surface area contributed by atoms with Gasteiger partial charge in [0.2, 0.25) is 10.0 Å². The Labute approximate surface area is 108 Å². The average molecular weight is 272 g/mol. The van der Waals surface area contributed by atoms with E-state index in [1.165, 1.54) is 0 Å². The van der Waals surface area contributed by atoms with Gasteiger partial charge in [-0.2, -0.15) is 0 Å². The molecule has 0 bridgehead atoms. The van der Waals surface area contributed by atoms with E-state index in [0.717, 1.165) is 18.2 Å². The summed E-state index contributed by atoms with van der Waals surface area (Å²) < 4.78 is 24.2. The topological polar surface area (TPSA) is 78.4 Å². The Balaban J connectivity index is 2.51.